The molecular formula is C16H14BrClFNO. The summed E-state index contributed by atoms with van der Waals surface area (Å²) in [5.74, 6) is -0.894. The maximum atomic E-state index is 13.8. The lowest BCUT2D eigenvalue weighted by Gasteiger charge is -2.25. The molecule has 0 aliphatic rings. The largest absolute Gasteiger partial charge is 0.335 e. The van der Waals surface area contributed by atoms with Crippen molar-refractivity contribution in [3.8, 4) is 0 Å². The van der Waals surface area contributed by atoms with Crippen molar-refractivity contribution in [1.82, 2.24) is 4.90 Å². The number of hydrogen-bond donors (Lipinski definition) is 0. The van der Waals surface area contributed by atoms with Gasteiger partial charge in [-0.1, -0.05) is 39.7 Å². The molecule has 0 aromatic heterocycles. The Morgan fingerprint density at radius 2 is 1.86 bits per heavy atom. The molecule has 0 aliphatic carbocycles. The Morgan fingerprint density at radius 3 is 2.48 bits per heavy atom. The van der Waals surface area contributed by atoms with Crippen molar-refractivity contribution in [2.75, 3.05) is 7.05 Å². The summed E-state index contributed by atoms with van der Waals surface area (Å²) >= 11 is 9.11. The molecule has 0 radical (unpaired) electrons. The van der Waals surface area contributed by atoms with Gasteiger partial charge in [0.15, 0.2) is 0 Å². The molecule has 5 heteroatoms. The van der Waals surface area contributed by atoms with Gasteiger partial charge < -0.3 is 4.90 Å². The Morgan fingerprint density at radius 1 is 1.24 bits per heavy atom. The monoisotopic (exact) mass is 369 g/mol. The van der Waals surface area contributed by atoms with Gasteiger partial charge >= 0.3 is 0 Å². The molecule has 1 atom stereocenters. The second-order valence-corrected chi connectivity index (χ2v) is 6.12. The van der Waals surface area contributed by atoms with Crippen LogP contribution in [0.25, 0.3) is 0 Å². The van der Waals surface area contributed by atoms with Gasteiger partial charge in [-0.2, -0.15) is 0 Å². The van der Waals surface area contributed by atoms with Crippen LogP contribution in [0.3, 0.4) is 0 Å². The highest BCUT2D eigenvalue weighted by Gasteiger charge is 2.21. The van der Waals surface area contributed by atoms with Crippen molar-refractivity contribution in [2.24, 2.45) is 0 Å². The summed E-state index contributed by atoms with van der Waals surface area (Å²) < 4.78 is 14.5. The number of nitrogens with zero attached hydrogens (tertiary/aromatic N) is 1. The lowest BCUT2D eigenvalue weighted by Crippen LogP contribution is -2.30. The summed E-state index contributed by atoms with van der Waals surface area (Å²) in [4.78, 5) is 13.9. The first kappa shape index (κ1) is 16.0. The van der Waals surface area contributed by atoms with Crippen molar-refractivity contribution < 1.29 is 9.18 Å². The molecule has 2 aromatic rings. The lowest BCUT2D eigenvalue weighted by molar-refractivity contribution is 0.0738. The average molecular weight is 371 g/mol. The summed E-state index contributed by atoms with van der Waals surface area (Å²) in [6.45, 7) is 1.89. The zero-order valence-electron chi connectivity index (χ0n) is 11.6. The van der Waals surface area contributed by atoms with E-state index in [0.717, 1.165) is 5.56 Å². The van der Waals surface area contributed by atoms with E-state index in [0.29, 0.717) is 9.50 Å². The topological polar surface area (TPSA) is 20.3 Å². The molecule has 0 bridgehead atoms. The van der Waals surface area contributed by atoms with Gasteiger partial charge in [-0.25, -0.2) is 4.39 Å². The molecule has 0 saturated heterocycles. The van der Waals surface area contributed by atoms with Crippen LogP contribution >= 0.6 is 27.5 Å². The van der Waals surface area contributed by atoms with Gasteiger partial charge in [0.25, 0.3) is 5.91 Å². The van der Waals surface area contributed by atoms with E-state index in [-0.39, 0.29) is 17.5 Å². The standard InChI is InChI=1S/C16H14BrClFNO/c1-10(11-3-6-13(18)7-4-11)20(2)16(21)14-9-12(17)5-8-15(14)19/h3-10H,1-2H3. The zero-order valence-corrected chi connectivity index (χ0v) is 14.0. The van der Waals surface area contributed by atoms with Crippen LogP contribution < -0.4 is 0 Å². The third-order valence-corrected chi connectivity index (χ3v) is 4.16. The van der Waals surface area contributed by atoms with Crippen LogP contribution in [-0.4, -0.2) is 17.9 Å². The maximum absolute atomic E-state index is 13.8. The van der Waals surface area contributed by atoms with E-state index in [9.17, 15) is 9.18 Å². The number of benzene rings is 2. The number of carbonyl (C=O) groups excluding carboxylic acids is 1. The summed E-state index contributed by atoms with van der Waals surface area (Å²) in [5.41, 5.74) is 0.985. The second kappa shape index (κ2) is 6.58. The van der Waals surface area contributed by atoms with Crippen LogP contribution in [0.1, 0.15) is 28.9 Å². The fourth-order valence-corrected chi connectivity index (χ4v) is 2.48. The molecule has 2 aromatic carbocycles. The molecule has 0 spiro atoms. The third-order valence-electron chi connectivity index (χ3n) is 3.41. The van der Waals surface area contributed by atoms with Gasteiger partial charge in [0.2, 0.25) is 0 Å². The Balaban J connectivity index is 2.26. The molecular weight excluding hydrogens is 357 g/mol. The highest BCUT2D eigenvalue weighted by atomic mass is 79.9. The molecule has 2 rings (SSSR count). The van der Waals surface area contributed by atoms with Crippen LogP contribution in [0.2, 0.25) is 5.02 Å². The van der Waals surface area contributed by atoms with E-state index in [2.05, 4.69) is 15.9 Å². The number of carbonyl (C=O) groups is 1. The van der Waals surface area contributed by atoms with Crippen molar-refractivity contribution >= 4 is 33.4 Å². The first-order chi connectivity index (χ1) is 9.90. The Kier molecular flexibility index (Phi) is 5.01. The second-order valence-electron chi connectivity index (χ2n) is 4.77. The van der Waals surface area contributed by atoms with Crippen LogP contribution in [-0.2, 0) is 0 Å². The minimum atomic E-state index is -0.529. The predicted molar refractivity (Wildman–Crippen MR) is 86.1 cm³/mol. The van der Waals surface area contributed by atoms with Gasteiger partial charge in [-0.3, -0.25) is 4.79 Å². The summed E-state index contributed by atoms with van der Waals surface area (Å²) in [6, 6.07) is 11.4. The van der Waals surface area contributed by atoms with E-state index in [1.165, 1.54) is 17.0 Å². The Hall–Kier alpha value is -1.39. The fourth-order valence-electron chi connectivity index (χ4n) is 1.99. The molecule has 1 amide bonds. The molecule has 0 heterocycles. The van der Waals surface area contributed by atoms with E-state index < -0.39 is 5.82 Å². The van der Waals surface area contributed by atoms with Crippen molar-refractivity contribution in [3.63, 3.8) is 0 Å². The van der Waals surface area contributed by atoms with Crippen molar-refractivity contribution in [3.05, 3.63) is 68.9 Å². The molecule has 0 saturated carbocycles. The van der Waals surface area contributed by atoms with Crippen LogP contribution in [0.15, 0.2) is 46.9 Å². The highest BCUT2D eigenvalue weighted by molar-refractivity contribution is 9.10. The van der Waals surface area contributed by atoms with Crippen LogP contribution in [0.5, 0.6) is 0 Å². The zero-order chi connectivity index (χ0) is 15.6. The Labute approximate surface area is 136 Å². The molecule has 0 N–H and O–H groups in total. The van der Waals surface area contributed by atoms with Gasteiger partial charge in [0.05, 0.1) is 11.6 Å². The molecule has 21 heavy (non-hydrogen) atoms. The smallest absolute Gasteiger partial charge is 0.257 e. The quantitative estimate of drug-likeness (QED) is 0.738. The fraction of sp³-hybridized carbons (Fsp3) is 0.188. The van der Waals surface area contributed by atoms with Gasteiger partial charge in [-0.15, -0.1) is 0 Å². The number of halogens is 3. The molecule has 0 fully saturated rings. The Bertz CT molecular complexity index is 660. The average Bonchev–Trinajstić information content (AvgIpc) is 2.48. The number of amides is 1. The summed E-state index contributed by atoms with van der Waals surface area (Å²) in [5, 5.41) is 0.637. The number of hydrogen-bond acceptors (Lipinski definition) is 1. The lowest BCUT2D eigenvalue weighted by atomic mass is 10.1. The minimum absolute atomic E-state index is 0.0488. The summed E-state index contributed by atoms with van der Waals surface area (Å²) in [6.07, 6.45) is 0. The molecule has 0 aliphatic heterocycles. The van der Waals surface area contributed by atoms with Crippen LogP contribution in [0, 0.1) is 5.82 Å². The van der Waals surface area contributed by atoms with E-state index in [1.807, 2.05) is 19.1 Å². The maximum Gasteiger partial charge on any atom is 0.257 e. The molecule has 2 nitrogen and oxygen atoms in total. The van der Waals surface area contributed by atoms with E-state index >= 15 is 0 Å². The van der Waals surface area contributed by atoms with Gasteiger partial charge in [0, 0.05) is 16.5 Å². The predicted octanol–water partition coefficient (Wildman–Crippen LogP) is 5.07. The minimum Gasteiger partial charge on any atom is -0.335 e. The van der Waals surface area contributed by atoms with Crippen LogP contribution in [0.4, 0.5) is 4.39 Å². The molecule has 110 valence electrons. The first-order valence-electron chi connectivity index (χ1n) is 6.38. The van der Waals surface area contributed by atoms with Crippen molar-refractivity contribution in [2.45, 2.75) is 13.0 Å². The molecule has 1 unspecified atom stereocenters. The van der Waals surface area contributed by atoms with Crippen molar-refractivity contribution in [1.29, 1.82) is 0 Å². The van der Waals surface area contributed by atoms with E-state index in [1.54, 1.807) is 25.2 Å². The first-order valence-corrected chi connectivity index (χ1v) is 7.55. The highest BCUT2D eigenvalue weighted by Crippen LogP contribution is 2.24. The summed E-state index contributed by atoms with van der Waals surface area (Å²) in [7, 11) is 1.65. The third kappa shape index (κ3) is 3.63. The SMILES string of the molecule is CC(c1ccc(Cl)cc1)N(C)C(=O)c1cc(Br)ccc1F. The van der Waals surface area contributed by atoms with E-state index in [4.69, 9.17) is 11.6 Å². The number of rotatable bonds is 3. The van der Waals surface area contributed by atoms with Gasteiger partial charge in [-0.05, 0) is 42.8 Å². The van der Waals surface area contributed by atoms with Gasteiger partial charge in [0.1, 0.15) is 5.82 Å². The normalized spacial score (nSPS) is 12.0.